The minimum absolute atomic E-state index is 0.0216. The van der Waals surface area contributed by atoms with Gasteiger partial charge in [-0.15, -0.1) is 0 Å². The molecule has 0 saturated heterocycles. The molecule has 2 aromatic heterocycles. The summed E-state index contributed by atoms with van der Waals surface area (Å²) in [5.74, 6) is 0.462. The summed E-state index contributed by atoms with van der Waals surface area (Å²) < 4.78 is 27.0. The van der Waals surface area contributed by atoms with E-state index in [1.807, 2.05) is 17.7 Å². The van der Waals surface area contributed by atoms with E-state index in [1.165, 1.54) is 6.07 Å². The van der Waals surface area contributed by atoms with Gasteiger partial charge in [-0.2, -0.15) is 13.9 Å². The van der Waals surface area contributed by atoms with Crippen molar-refractivity contribution in [1.29, 1.82) is 0 Å². The molecular formula is C12H15F2N5O. The molecule has 0 bridgehead atoms. The van der Waals surface area contributed by atoms with Gasteiger partial charge in [-0.25, -0.2) is 9.67 Å². The first-order chi connectivity index (χ1) is 9.61. The molecule has 0 spiro atoms. The molecule has 8 heteroatoms. The Morgan fingerprint density at radius 3 is 2.90 bits per heavy atom. The van der Waals surface area contributed by atoms with Crippen LogP contribution >= 0.6 is 0 Å². The van der Waals surface area contributed by atoms with Gasteiger partial charge in [0.2, 0.25) is 0 Å². The van der Waals surface area contributed by atoms with Crippen molar-refractivity contribution in [3.05, 3.63) is 36.2 Å². The summed E-state index contributed by atoms with van der Waals surface area (Å²) in [6.45, 7) is 0.206. The van der Waals surface area contributed by atoms with Crippen LogP contribution in [-0.4, -0.2) is 31.8 Å². The maximum absolute atomic E-state index is 12.3. The summed E-state index contributed by atoms with van der Waals surface area (Å²) in [6.07, 6.45) is 5.41. The Kier molecular flexibility index (Phi) is 4.44. The Labute approximate surface area is 114 Å². The second-order valence-electron chi connectivity index (χ2n) is 4.10. The topological polar surface area (TPSA) is 64.7 Å². The number of hydrogen-bond donors (Lipinski definition) is 1. The highest BCUT2D eigenvalue weighted by Crippen LogP contribution is 2.08. The number of carbonyl (C=O) groups is 1. The van der Waals surface area contributed by atoms with Crippen molar-refractivity contribution in [2.75, 3.05) is 6.54 Å². The van der Waals surface area contributed by atoms with E-state index in [9.17, 15) is 13.6 Å². The van der Waals surface area contributed by atoms with Crippen LogP contribution in [0.4, 0.5) is 8.78 Å². The number of aromatic nitrogens is 4. The van der Waals surface area contributed by atoms with Gasteiger partial charge in [0.05, 0.1) is 0 Å². The average Bonchev–Trinajstić information content (AvgIpc) is 3.07. The normalized spacial score (nSPS) is 11.0. The number of nitrogens with zero attached hydrogens (tertiary/aromatic N) is 4. The average molecular weight is 283 g/mol. The SMILES string of the molecule is CCc1nccn1CCNC(=O)c1ccn(C(F)F)n1. The highest BCUT2D eigenvalue weighted by Gasteiger charge is 2.12. The smallest absolute Gasteiger partial charge is 0.333 e. The molecule has 20 heavy (non-hydrogen) atoms. The molecule has 0 aromatic carbocycles. The fraction of sp³-hybridized carbons (Fsp3) is 0.417. The lowest BCUT2D eigenvalue weighted by Gasteiger charge is -2.07. The Morgan fingerprint density at radius 2 is 2.25 bits per heavy atom. The molecule has 0 aliphatic rings. The Morgan fingerprint density at radius 1 is 1.45 bits per heavy atom. The van der Waals surface area contributed by atoms with Crippen LogP contribution in [0, 0.1) is 0 Å². The van der Waals surface area contributed by atoms with Crippen LogP contribution in [-0.2, 0) is 13.0 Å². The zero-order valence-corrected chi connectivity index (χ0v) is 11.0. The van der Waals surface area contributed by atoms with Gasteiger partial charge in [0.25, 0.3) is 5.91 Å². The highest BCUT2D eigenvalue weighted by molar-refractivity contribution is 5.92. The van der Waals surface area contributed by atoms with Crippen LogP contribution in [0.15, 0.2) is 24.7 Å². The molecular weight excluding hydrogens is 268 g/mol. The number of aryl methyl sites for hydroxylation is 1. The molecule has 0 fully saturated rings. The Hall–Kier alpha value is -2.25. The molecule has 2 aromatic rings. The van der Waals surface area contributed by atoms with E-state index >= 15 is 0 Å². The Bertz CT molecular complexity index is 578. The third-order valence-electron chi connectivity index (χ3n) is 2.80. The van der Waals surface area contributed by atoms with Crippen molar-refractivity contribution in [3.8, 4) is 0 Å². The highest BCUT2D eigenvalue weighted by atomic mass is 19.3. The van der Waals surface area contributed by atoms with Crippen LogP contribution in [0.1, 0.15) is 29.8 Å². The van der Waals surface area contributed by atoms with Gasteiger partial charge >= 0.3 is 6.55 Å². The van der Waals surface area contributed by atoms with Crippen LogP contribution in [0.5, 0.6) is 0 Å². The number of nitrogens with one attached hydrogen (secondary N) is 1. The second kappa shape index (κ2) is 6.27. The molecule has 108 valence electrons. The molecule has 6 nitrogen and oxygen atoms in total. The molecule has 0 saturated carbocycles. The lowest BCUT2D eigenvalue weighted by molar-refractivity contribution is 0.0560. The number of imidazole rings is 1. The third kappa shape index (κ3) is 3.19. The summed E-state index contributed by atoms with van der Waals surface area (Å²) in [5, 5.41) is 6.13. The minimum Gasteiger partial charge on any atom is -0.349 e. The summed E-state index contributed by atoms with van der Waals surface area (Å²) in [6, 6.07) is 1.26. The standard InChI is InChI=1S/C12H15F2N5O/c1-2-10-15-4-7-18(10)8-5-16-11(20)9-3-6-19(17-9)12(13)14/h3-4,6-7,12H,2,5,8H2,1H3,(H,16,20). The van der Waals surface area contributed by atoms with E-state index in [0.29, 0.717) is 17.8 Å². The van der Waals surface area contributed by atoms with Gasteiger partial charge < -0.3 is 9.88 Å². The number of carbonyl (C=O) groups excluding carboxylic acids is 1. The molecule has 0 unspecified atom stereocenters. The van der Waals surface area contributed by atoms with Gasteiger partial charge in [-0.1, -0.05) is 6.92 Å². The van der Waals surface area contributed by atoms with Crippen molar-refractivity contribution in [2.45, 2.75) is 26.4 Å². The van der Waals surface area contributed by atoms with Gasteiger partial charge in [-0.05, 0) is 6.07 Å². The predicted octanol–water partition coefficient (Wildman–Crippen LogP) is 1.47. The number of hydrogen-bond acceptors (Lipinski definition) is 3. The van der Waals surface area contributed by atoms with Crippen molar-refractivity contribution in [3.63, 3.8) is 0 Å². The van der Waals surface area contributed by atoms with Crippen LogP contribution in [0.2, 0.25) is 0 Å². The first kappa shape index (κ1) is 14.2. The van der Waals surface area contributed by atoms with Gasteiger partial charge in [0, 0.05) is 38.1 Å². The van der Waals surface area contributed by atoms with Crippen LogP contribution < -0.4 is 5.32 Å². The van der Waals surface area contributed by atoms with Crippen molar-refractivity contribution < 1.29 is 13.6 Å². The summed E-state index contributed by atoms with van der Waals surface area (Å²) in [4.78, 5) is 15.9. The van der Waals surface area contributed by atoms with Gasteiger partial charge in [0.15, 0.2) is 0 Å². The summed E-state index contributed by atoms with van der Waals surface area (Å²) in [7, 11) is 0. The maximum atomic E-state index is 12.3. The van der Waals surface area contributed by atoms with Crippen molar-refractivity contribution >= 4 is 5.91 Å². The van der Waals surface area contributed by atoms with E-state index in [4.69, 9.17) is 0 Å². The molecule has 0 aliphatic heterocycles. The van der Waals surface area contributed by atoms with Gasteiger partial charge in [-0.3, -0.25) is 4.79 Å². The lowest BCUT2D eigenvalue weighted by Crippen LogP contribution is -2.28. The fourth-order valence-electron chi connectivity index (χ4n) is 1.81. The number of halogens is 2. The molecule has 0 aliphatic carbocycles. The number of amides is 1. The summed E-state index contributed by atoms with van der Waals surface area (Å²) in [5.41, 5.74) is -0.0216. The van der Waals surface area contributed by atoms with E-state index in [2.05, 4.69) is 15.4 Å². The first-order valence-corrected chi connectivity index (χ1v) is 6.23. The zero-order valence-electron chi connectivity index (χ0n) is 11.0. The van der Waals surface area contributed by atoms with Crippen molar-refractivity contribution in [1.82, 2.24) is 24.6 Å². The molecule has 0 radical (unpaired) electrons. The van der Waals surface area contributed by atoms with Crippen LogP contribution in [0.3, 0.4) is 0 Å². The van der Waals surface area contributed by atoms with E-state index in [1.54, 1.807) is 6.20 Å². The van der Waals surface area contributed by atoms with E-state index < -0.39 is 12.5 Å². The maximum Gasteiger partial charge on any atom is 0.333 e. The van der Waals surface area contributed by atoms with Crippen LogP contribution in [0.25, 0.3) is 0 Å². The zero-order chi connectivity index (χ0) is 14.5. The monoisotopic (exact) mass is 283 g/mol. The molecule has 2 heterocycles. The molecule has 1 amide bonds. The lowest BCUT2D eigenvalue weighted by atomic mass is 10.4. The van der Waals surface area contributed by atoms with Gasteiger partial charge in [0.1, 0.15) is 11.5 Å². The molecule has 0 atom stereocenters. The molecule has 1 N–H and O–H groups in total. The summed E-state index contributed by atoms with van der Waals surface area (Å²) >= 11 is 0. The van der Waals surface area contributed by atoms with Crippen molar-refractivity contribution in [2.24, 2.45) is 0 Å². The minimum atomic E-state index is -2.74. The second-order valence-corrected chi connectivity index (χ2v) is 4.10. The first-order valence-electron chi connectivity index (χ1n) is 6.23. The van der Waals surface area contributed by atoms with E-state index in [0.717, 1.165) is 18.4 Å². The van der Waals surface area contributed by atoms with E-state index in [-0.39, 0.29) is 5.69 Å². The fourth-order valence-corrected chi connectivity index (χ4v) is 1.81. The largest absolute Gasteiger partial charge is 0.349 e. The Balaban J connectivity index is 1.86. The number of alkyl halides is 2. The molecule has 2 rings (SSSR count). The quantitative estimate of drug-likeness (QED) is 0.873. The number of rotatable bonds is 6. The third-order valence-corrected chi connectivity index (χ3v) is 2.80. The predicted molar refractivity (Wildman–Crippen MR) is 67.4 cm³/mol.